The highest BCUT2D eigenvalue weighted by molar-refractivity contribution is 7.80. The van der Waals surface area contributed by atoms with Crippen molar-refractivity contribution in [2.24, 2.45) is 0 Å². The molecule has 0 aromatic heterocycles. The number of carbonyl (C=O) groups excluding carboxylic acids is 3. The Morgan fingerprint density at radius 3 is 2.32 bits per heavy atom. The van der Waals surface area contributed by atoms with Gasteiger partial charge in [0.05, 0.1) is 0 Å². The van der Waals surface area contributed by atoms with Gasteiger partial charge in [0.15, 0.2) is 0 Å². The van der Waals surface area contributed by atoms with E-state index in [0.717, 1.165) is 42.4 Å². The molecule has 2 rings (SSSR count). The molecule has 0 spiro atoms. The minimum absolute atomic E-state index is 0.0116. The average molecular weight is 492 g/mol. The summed E-state index contributed by atoms with van der Waals surface area (Å²) < 4.78 is 5.35. The fourth-order valence-electron chi connectivity index (χ4n) is 4.06. The molecule has 3 amide bonds. The zero-order valence-corrected chi connectivity index (χ0v) is 22.5. The summed E-state index contributed by atoms with van der Waals surface area (Å²) >= 11 is 4.33. The highest BCUT2D eigenvalue weighted by atomic mass is 32.1. The number of nitrogens with zero attached hydrogens (tertiary/aromatic N) is 1. The van der Waals surface area contributed by atoms with Crippen LogP contribution in [0.5, 0.6) is 0 Å². The highest BCUT2D eigenvalue weighted by Gasteiger charge is 2.44. The third-order valence-corrected chi connectivity index (χ3v) is 6.09. The molecule has 1 fully saturated rings. The van der Waals surface area contributed by atoms with Crippen molar-refractivity contribution in [3.8, 4) is 0 Å². The number of ether oxygens (including phenoxy) is 1. The molecule has 1 aliphatic rings. The summed E-state index contributed by atoms with van der Waals surface area (Å²) in [5.41, 5.74) is 2.14. The average Bonchev–Trinajstić information content (AvgIpc) is 3.54. The summed E-state index contributed by atoms with van der Waals surface area (Å²) in [5, 5.41) is 5.76. The van der Waals surface area contributed by atoms with Crippen LogP contribution < -0.4 is 10.6 Å². The molecule has 0 saturated heterocycles. The van der Waals surface area contributed by atoms with Gasteiger partial charge < -0.3 is 20.3 Å². The van der Waals surface area contributed by atoms with Crippen molar-refractivity contribution in [3.63, 3.8) is 0 Å². The molecule has 1 aromatic carbocycles. The van der Waals surface area contributed by atoms with E-state index in [1.54, 1.807) is 25.7 Å². The van der Waals surface area contributed by atoms with Crippen LogP contribution in [0.15, 0.2) is 18.2 Å². The zero-order valence-electron chi connectivity index (χ0n) is 21.6. The molecule has 190 valence electrons. The molecule has 3 atom stereocenters. The second-order valence-corrected chi connectivity index (χ2v) is 10.7. The molecule has 8 heteroatoms. The Kier molecular flexibility index (Phi) is 9.85. The van der Waals surface area contributed by atoms with Gasteiger partial charge >= 0.3 is 6.09 Å². The van der Waals surface area contributed by atoms with Gasteiger partial charge in [0.1, 0.15) is 17.7 Å². The maximum absolute atomic E-state index is 13.8. The molecule has 7 nitrogen and oxygen atoms in total. The number of alkyl carbamates (subject to hydrolysis) is 1. The van der Waals surface area contributed by atoms with Crippen LogP contribution in [0.25, 0.3) is 0 Å². The lowest BCUT2D eigenvalue weighted by Crippen LogP contribution is -2.55. The van der Waals surface area contributed by atoms with E-state index in [9.17, 15) is 14.4 Å². The quantitative estimate of drug-likeness (QED) is 0.422. The van der Waals surface area contributed by atoms with Crippen LogP contribution in [0.1, 0.15) is 83.0 Å². The second kappa shape index (κ2) is 12.0. The Hall–Kier alpha value is -2.22. The van der Waals surface area contributed by atoms with Gasteiger partial charge in [0.25, 0.3) is 0 Å². The Labute approximate surface area is 209 Å². The van der Waals surface area contributed by atoms with Gasteiger partial charge in [-0.3, -0.25) is 9.59 Å². The lowest BCUT2D eigenvalue weighted by molar-refractivity contribution is -0.143. The number of rotatable bonds is 10. The minimum Gasteiger partial charge on any atom is -0.444 e. The Bertz CT molecular complexity index is 879. The van der Waals surface area contributed by atoms with E-state index in [-0.39, 0.29) is 29.7 Å². The van der Waals surface area contributed by atoms with E-state index in [1.807, 2.05) is 39.0 Å². The highest BCUT2D eigenvalue weighted by Crippen LogP contribution is 2.37. The first kappa shape index (κ1) is 28.0. The second-order valence-electron chi connectivity index (χ2n) is 10.3. The molecule has 0 heterocycles. The predicted molar refractivity (Wildman–Crippen MR) is 138 cm³/mol. The van der Waals surface area contributed by atoms with Crippen LogP contribution in [-0.2, 0) is 14.3 Å². The third kappa shape index (κ3) is 7.93. The van der Waals surface area contributed by atoms with Crippen molar-refractivity contribution in [1.82, 2.24) is 15.5 Å². The van der Waals surface area contributed by atoms with E-state index in [0.29, 0.717) is 0 Å². The Balaban J connectivity index is 2.42. The number of nitrogens with one attached hydrogen (secondary N) is 2. The predicted octanol–water partition coefficient (Wildman–Crippen LogP) is 4.46. The molecule has 1 aromatic rings. The van der Waals surface area contributed by atoms with Crippen molar-refractivity contribution in [2.75, 3.05) is 5.75 Å². The van der Waals surface area contributed by atoms with Crippen molar-refractivity contribution >= 4 is 30.5 Å². The minimum atomic E-state index is -0.909. The number of hydrogen-bond acceptors (Lipinski definition) is 5. The number of benzene rings is 1. The molecule has 1 aliphatic carbocycles. The van der Waals surface area contributed by atoms with E-state index >= 15 is 0 Å². The van der Waals surface area contributed by atoms with Gasteiger partial charge in [0.2, 0.25) is 11.8 Å². The number of carbonyl (C=O) groups is 3. The number of amides is 3. The van der Waals surface area contributed by atoms with Gasteiger partial charge in [-0.2, -0.15) is 12.6 Å². The van der Waals surface area contributed by atoms with E-state index in [2.05, 4.69) is 30.2 Å². The molecule has 0 radical (unpaired) electrons. The summed E-state index contributed by atoms with van der Waals surface area (Å²) in [4.78, 5) is 41.5. The molecular weight excluding hydrogens is 450 g/mol. The summed E-state index contributed by atoms with van der Waals surface area (Å²) in [6, 6.07) is 4.14. The summed E-state index contributed by atoms with van der Waals surface area (Å²) in [6.45, 7) is 13.3. The summed E-state index contributed by atoms with van der Waals surface area (Å²) in [6.07, 6.45) is 2.75. The number of hydrogen-bond donors (Lipinski definition) is 3. The van der Waals surface area contributed by atoms with Crippen molar-refractivity contribution in [2.45, 2.75) is 104 Å². The lowest BCUT2D eigenvalue weighted by atomic mass is 9.96. The smallest absolute Gasteiger partial charge is 0.408 e. The first-order chi connectivity index (χ1) is 15.9. The topological polar surface area (TPSA) is 87.7 Å². The number of aryl methyl sites for hydroxylation is 2. The molecular formula is C26H41N3O4S. The molecule has 0 bridgehead atoms. The van der Waals surface area contributed by atoms with Gasteiger partial charge in [-0.1, -0.05) is 37.1 Å². The first-order valence-corrected chi connectivity index (χ1v) is 12.8. The molecule has 0 aliphatic heterocycles. The van der Waals surface area contributed by atoms with Gasteiger partial charge in [-0.15, -0.1) is 0 Å². The summed E-state index contributed by atoms with van der Waals surface area (Å²) in [7, 11) is 0. The van der Waals surface area contributed by atoms with E-state index in [1.165, 1.54) is 0 Å². The Morgan fingerprint density at radius 1 is 1.18 bits per heavy atom. The van der Waals surface area contributed by atoms with E-state index in [4.69, 9.17) is 4.74 Å². The van der Waals surface area contributed by atoms with Crippen molar-refractivity contribution in [3.05, 3.63) is 34.9 Å². The molecule has 2 N–H and O–H groups in total. The molecule has 34 heavy (non-hydrogen) atoms. The molecule has 1 saturated carbocycles. The maximum atomic E-state index is 13.8. The van der Waals surface area contributed by atoms with Gasteiger partial charge in [0, 0.05) is 17.8 Å². The van der Waals surface area contributed by atoms with Gasteiger partial charge in [-0.25, -0.2) is 4.79 Å². The Morgan fingerprint density at radius 2 is 1.82 bits per heavy atom. The van der Waals surface area contributed by atoms with Crippen LogP contribution >= 0.6 is 12.6 Å². The molecule has 3 unspecified atom stereocenters. The fourth-order valence-corrected chi connectivity index (χ4v) is 4.31. The summed E-state index contributed by atoms with van der Waals surface area (Å²) in [5.74, 6) is -0.440. The SMILES string of the molecule is CCCC(C)NC(=O)C(c1ccc(C)cc1C)N(C(=O)C(CS)NC(=O)OC(C)(C)C)C1CC1. The number of thiol groups is 1. The lowest BCUT2D eigenvalue weighted by Gasteiger charge is -2.35. The normalized spacial score (nSPS) is 16.2. The standard InChI is InChI=1S/C26H41N3O4S/c1-8-9-18(4)27-23(30)22(20-13-10-16(2)14-17(20)3)29(19-11-12-19)24(31)21(15-34)28-25(32)33-26(5,6)7/h10,13-14,18-19,21-22,34H,8-9,11-12,15H2,1-7H3,(H,27,30)(H,28,32). The van der Waals surface area contributed by atoms with Crippen LogP contribution in [0.3, 0.4) is 0 Å². The van der Waals surface area contributed by atoms with Crippen molar-refractivity contribution in [1.29, 1.82) is 0 Å². The third-order valence-electron chi connectivity index (χ3n) is 5.72. The van der Waals surface area contributed by atoms with Gasteiger partial charge in [-0.05, 0) is 71.9 Å². The fraction of sp³-hybridized carbons (Fsp3) is 0.654. The van der Waals surface area contributed by atoms with Crippen LogP contribution in [0.4, 0.5) is 4.79 Å². The maximum Gasteiger partial charge on any atom is 0.408 e. The zero-order chi connectivity index (χ0) is 25.6. The van der Waals surface area contributed by atoms with Crippen LogP contribution in [0, 0.1) is 13.8 Å². The van der Waals surface area contributed by atoms with Crippen molar-refractivity contribution < 1.29 is 19.1 Å². The first-order valence-electron chi connectivity index (χ1n) is 12.2. The largest absolute Gasteiger partial charge is 0.444 e. The van der Waals surface area contributed by atoms with E-state index < -0.39 is 23.8 Å². The van der Waals surface area contributed by atoms with Crippen LogP contribution in [-0.4, -0.2) is 52.3 Å². The van der Waals surface area contributed by atoms with Crippen LogP contribution in [0.2, 0.25) is 0 Å². The monoisotopic (exact) mass is 491 g/mol.